The molecule has 168 valence electrons. The van der Waals surface area contributed by atoms with Crippen LogP contribution in [0.1, 0.15) is 43.5 Å². The highest BCUT2D eigenvalue weighted by atomic mass is 16.5. The zero-order valence-corrected chi connectivity index (χ0v) is 18.6. The number of hydrogen-bond acceptors (Lipinski definition) is 6. The summed E-state index contributed by atoms with van der Waals surface area (Å²) in [4.78, 5) is 23.8. The molecule has 0 saturated carbocycles. The van der Waals surface area contributed by atoms with Gasteiger partial charge in [-0.2, -0.15) is 4.98 Å². The van der Waals surface area contributed by atoms with E-state index in [1.54, 1.807) is 19.5 Å². The zero-order chi connectivity index (χ0) is 22.2. The van der Waals surface area contributed by atoms with Crippen molar-refractivity contribution in [2.45, 2.75) is 43.9 Å². The number of likely N-dealkylation sites (tertiary alicyclic amines) is 1. The Labute approximate surface area is 188 Å². The summed E-state index contributed by atoms with van der Waals surface area (Å²) < 4.78 is 11.0. The second kappa shape index (κ2) is 10.5. The van der Waals surface area contributed by atoms with E-state index in [-0.39, 0.29) is 11.3 Å². The maximum atomic E-state index is 13.0. The van der Waals surface area contributed by atoms with Crippen LogP contribution in [0.3, 0.4) is 0 Å². The van der Waals surface area contributed by atoms with Crippen molar-refractivity contribution in [1.82, 2.24) is 20.0 Å². The number of piperidine rings is 1. The molecule has 1 atom stereocenters. The van der Waals surface area contributed by atoms with E-state index >= 15 is 0 Å². The van der Waals surface area contributed by atoms with Gasteiger partial charge in [0.15, 0.2) is 5.82 Å². The molecule has 0 aliphatic carbocycles. The summed E-state index contributed by atoms with van der Waals surface area (Å²) in [5, 5.41) is 4.34. The molecule has 0 radical (unpaired) electrons. The van der Waals surface area contributed by atoms with E-state index in [0.29, 0.717) is 31.3 Å². The largest absolute Gasteiger partial charge is 0.385 e. The lowest BCUT2D eigenvalue weighted by molar-refractivity contribution is -0.133. The van der Waals surface area contributed by atoms with E-state index in [9.17, 15) is 4.79 Å². The van der Waals surface area contributed by atoms with Crippen molar-refractivity contribution in [1.29, 1.82) is 0 Å². The lowest BCUT2D eigenvalue weighted by Gasteiger charge is -2.41. The van der Waals surface area contributed by atoms with E-state index in [0.717, 1.165) is 44.2 Å². The molecular weight excluding hydrogens is 404 g/mol. The fourth-order valence-corrected chi connectivity index (χ4v) is 4.44. The van der Waals surface area contributed by atoms with Crippen LogP contribution < -0.4 is 0 Å². The molecule has 2 aromatic heterocycles. The van der Waals surface area contributed by atoms with E-state index in [1.807, 2.05) is 35.2 Å². The second-order valence-electron chi connectivity index (χ2n) is 8.44. The van der Waals surface area contributed by atoms with Crippen molar-refractivity contribution >= 4 is 5.91 Å². The van der Waals surface area contributed by atoms with Gasteiger partial charge < -0.3 is 14.2 Å². The van der Waals surface area contributed by atoms with Gasteiger partial charge in [0.1, 0.15) is 0 Å². The number of pyridine rings is 1. The topological polar surface area (TPSA) is 81.3 Å². The third kappa shape index (κ3) is 5.22. The maximum Gasteiger partial charge on any atom is 0.258 e. The predicted octanol–water partition coefficient (Wildman–Crippen LogP) is 4.05. The zero-order valence-electron chi connectivity index (χ0n) is 18.6. The molecule has 7 nitrogen and oxygen atoms in total. The Morgan fingerprint density at radius 1 is 1.19 bits per heavy atom. The van der Waals surface area contributed by atoms with Gasteiger partial charge >= 0.3 is 0 Å². The lowest BCUT2D eigenvalue weighted by atomic mass is 9.76. The summed E-state index contributed by atoms with van der Waals surface area (Å²) in [6, 6.07) is 14.0. The Kier molecular flexibility index (Phi) is 7.27. The molecule has 1 saturated heterocycles. The van der Waals surface area contributed by atoms with Crippen LogP contribution in [0.5, 0.6) is 0 Å². The number of nitrogens with zero attached hydrogens (tertiary/aromatic N) is 4. The third-order valence-electron chi connectivity index (χ3n) is 6.24. The van der Waals surface area contributed by atoms with Crippen molar-refractivity contribution < 1.29 is 14.1 Å². The van der Waals surface area contributed by atoms with E-state index in [4.69, 9.17) is 14.2 Å². The fourth-order valence-electron chi connectivity index (χ4n) is 4.44. The maximum absolute atomic E-state index is 13.0. The minimum Gasteiger partial charge on any atom is -0.385 e. The summed E-state index contributed by atoms with van der Waals surface area (Å²) in [6.45, 7) is 1.94. The van der Waals surface area contributed by atoms with Crippen LogP contribution in [0.4, 0.5) is 0 Å². The highest BCUT2D eigenvalue weighted by molar-refractivity contribution is 5.76. The minimum atomic E-state index is -0.363. The number of amides is 1. The summed E-state index contributed by atoms with van der Waals surface area (Å²) in [5.41, 5.74) is 1.74. The monoisotopic (exact) mass is 434 g/mol. The fraction of sp³-hybridized carbons (Fsp3) is 0.440. The van der Waals surface area contributed by atoms with Crippen LogP contribution in [0.15, 0.2) is 59.4 Å². The number of aryl methyl sites for hydroxylation is 1. The number of benzene rings is 1. The Morgan fingerprint density at radius 2 is 2.00 bits per heavy atom. The Hall–Kier alpha value is -3.06. The first-order valence-electron chi connectivity index (χ1n) is 11.3. The highest BCUT2D eigenvalue weighted by Crippen LogP contribution is 2.37. The summed E-state index contributed by atoms with van der Waals surface area (Å²) in [7, 11) is 1.70. The van der Waals surface area contributed by atoms with Crippen LogP contribution in [-0.2, 0) is 21.4 Å². The van der Waals surface area contributed by atoms with Gasteiger partial charge in [-0.05, 0) is 49.8 Å². The van der Waals surface area contributed by atoms with Gasteiger partial charge in [-0.3, -0.25) is 9.78 Å². The number of ether oxygens (including phenoxy) is 1. The van der Waals surface area contributed by atoms with Crippen molar-refractivity contribution in [3.8, 4) is 11.5 Å². The van der Waals surface area contributed by atoms with E-state index in [2.05, 4.69) is 22.3 Å². The number of carbonyl (C=O) groups is 1. The Morgan fingerprint density at radius 3 is 2.78 bits per heavy atom. The van der Waals surface area contributed by atoms with Gasteiger partial charge in [0.2, 0.25) is 5.91 Å². The predicted molar refractivity (Wildman–Crippen MR) is 121 cm³/mol. The van der Waals surface area contributed by atoms with Crippen LogP contribution in [0, 0.1) is 0 Å². The first-order valence-corrected chi connectivity index (χ1v) is 11.3. The minimum absolute atomic E-state index is 0.195. The molecule has 1 unspecified atom stereocenters. The van der Waals surface area contributed by atoms with E-state index in [1.165, 1.54) is 5.56 Å². The summed E-state index contributed by atoms with van der Waals surface area (Å²) >= 11 is 0. The van der Waals surface area contributed by atoms with Crippen molar-refractivity contribution in [3.05, 3.63) is 66.2 Å². The molecule has 0 spiro atoms. The molecule has 32 heavy (non-hydrogen) atoms. The molecular formula is C25H30N4O3. The third-order valence-corrected chi connectivity index (χ3v) is 6.24. The van der Waals surface area contributed by atoms with Crippen LogP contribution in [0.2, 0.25) is 0 Å². The smallest absolute Gasteiger partial charge is 0.258 e. The number of carbonyl (C=O) groups excluding carboxylic acids is 1. The van der Waals surface area contributed by atoms with Crippen molar-refractivity contribution in [3.63, 3.8) is 0 Å². The van der Waals surface area contributed by atoms with Gasteiger partial charge in [-0.15, -0.1) is 0 Å². The lowest BCUT2D eigenvalue weighted by Crippen LogP contribution is -2.49. The summed E-state index contributed by atoms with van der Waals surface area (Å²) in [5.74, 6) is 1.33. The molecule has 4 rings (SSSR count). The molecule has 3 heterocycles. The molecule has 1 aliphatic rings. The molecule has 1 fully saturated rings. The van der Waals surface area contributed by atoms with Gasteiger partial charge in [0.25, 0.3) is 5.89 Å². The quantitative estimate of drug-likeness (QED) is 0.505. The van der Waals surface area contributed by atoms with Gasteiger partial charge in [0.05, 0.1) is 5.41 Å². The van der Waals surface area contributed by atoms with E-state index < -0.39 is 0 Å². The number of rotatable bonds is 9. The second-order valence-corrected chi connectivity index (χ2v) is 8.44. The van der Waals surface area contributed by atoms with Gasteiger partial charge in [-0.1, -0.05) is 35.5 Å². The van der Waals surface area contributed by atoms with Crippen LogP contribution in [0.25, 0.3) is 11.5 Å². The first-order chi connectivity index (χ1) is 15.7. The number of methoxy groups -OCH3 is 1. The Bertz CT molecular complexity index is 993. The highest BCUT2D eigenvalue weighted by Gasteiger charge is 2.42. The molecule has 7 heteroatoms. The average molecular weight is 435 g/mol. The standard InChI is InChI=1S/C25H30N4O3/c1-31-18-14-25(24-27-23(32-28-24)21-11-15-26-16-12-21)13-6-17-29(19-25)22(30)10-5-9-20-7-3-2-4-8-20/h2-4,7-8,11-12,15-16H,5-6,9-10,13-14,17-19H2,1H3. The van der Waals surface area contributed by atoms with Gasteiger partial charge in [-0.25, -0.2) is 0 Å². The SMILES string of the molecule is COCCC1(c2noc(-c3ccncc3)n2)CCCN(C(=O)CCCc2ccccc2)C1. The average Bonchev–Trinajstić information content (AvgIpc) is 3.35. The van der Waals surface area contributed by atoms with Gasteiger partial charge in [0, 0.05) is 51.2 Å². The van der Waals surface area contributed by atoms with Crippen molar-refractivity contribution in [2.75, 3.05) is 26.8 Å². The number of hydrogen-bond donors (Lipinski definition) is 0. The normalized spacial score (nSPS) is 18.6. The molecule has 0 N–H and O–H groups in total. The molecule has 1 aliphatic heterocycles. The molecule has 0 bridgehead atoms. The molecule has 3 aromatic rings. The molecule has 1 aromatic carbocycles. The van der Waals surface area contributed by atoms with Crippen molar-refractivity contribution in [2.24, 2.45) is 0 Å². The van der Waals surface area contributed by atoms with Crippen LogP contribution >= 0.6 is 0 Å². The van der Waals surface area contributed by atoms with Crippen LogP contribution in [-0.4, -0.2) is 52.7 Å². The first kappa shape index (κ1) is 22.1. The Balaban J connectivity index is 1.46. The number of aromatic nitrogens is 3. The molecule has 1 amide bonds. The summed E-state index contributed by atoms with van der Waals surface area (Å²) in [6.07, 6.45) is 8.27.